The van der Waals surface area contributed by atoms with Gasteiger partial charge in [0.25, 0.3) is 10.0 Å². The number of phenols is 1. The standard InChI is InChI=1S/C27H30ClN3O6S/c1-15(2)19-7-5-9-21(25(19)32)30-26(33)24(16(3)4)29-20-8-6-10-22(23(20)27(34)35)38(36,37)31-18-13-11-17(28)12-14-18/h5-16,24,29,31-32H,1-4H3,(H,30,33)(H,34,35). The monoisotopic (exact) mass is 559 g/mol. The van der Waals surface area contributed by atoms with Gasteiger partial charge in [-0.3, -0.25) is 9.52 Å². The molecule has 5 N–H and O–H groups in total. The van der Waals surface area contributed by atoms with Crippen LogP contribution in [0.5, 0.6) is 5.75 Å². The van der Waals surface area contributed by atoms with Gasteiger partial charge in [-0.2, -0.15) is 0 Å². The molecule has 0 radical (unpaired) electrons. The average molecular weight is 560 g/mol. The number of carboxylic acid groups (broad SMARTS) is 1. The molecule has 3 rings (SSSR count). The topological polar surface area (TPSA) is 145 Å². The van der Waals surface area contributed by atoms with E-state index in [1.165, 1.54) is 42.5 Å². The van der Waals surface area contributed by atoms with Crippen LogP contribution in [0.4, 0.5) is 17.1 Å². The summed E-state index contributed by atoms with van der Waals surface area (Å²) in [5.74, 6) is -2.38. The van der Waals surface area contributed by atoms with Crippen LogP contribution in [0.2, 0.25) is 5.02 Å². The second-order valence-electron chi connectivity index (χ2n) is 9.35. The number of benzene rings is 3. The molecule has 1 atom stereocenters. The van der Waals surface area contributed by atoms with Crippen molar-refractivity contribution in [1.82, 2.24) is 0 Å². The molecule has 0 aromatic heterocycles. The maximum Gasteiger partial charge on any atom is 0.339 e. The molecular formula is C27H30ClN3O6S. The Hall–Kier alpha value is -3.76. The van der Waals surface area contributed by atoms with E-state index in [2.05, 4.69) is 15.4 Å². The van der Waals surface area contributed by atoms with Crippen molar-refractivity contribution < 1.29 is 28.2 Å². The van der Waals surface area contributed by atoms with Gasteiger partial charge in [0.2, 0.25) is 5.91 Å². The van der Waals surface area contributed by atoms with E-state index in [4.69, 9.17) is 11.6 Å². The first-order valence-corrected chi connectivity index (χ1v) is 13.7. The Morgan fingerprint density at radius 1 is 0.895 bits per heavy atom. The van der Waals surface area contributed by atoms with Crippen molar-refractivity contribution in [2.45, 2.75) is 44.6 Å². The molecule has 11 heteroatoms. The fraction of sp³-hybridized carbons (Fsp3) is 0.259. The number of hydrogen-bond donors (Lipinski definition) is 5. The number of para-hydroxylation sites is 1. The molecule has 0 aliphatic carbocycles. The van der Waals surface area contributed by atoms with Gasteiger partial charge < -0.3 is 20.8 Å². The van der Waals surface area contributed by atoms with Crippen LogP contribution in [0.1, 0.15) is 49.5 Å². The minimum absolute atomic E-state index is 0.0233. The fourth-order valence-corrected chi connectivity index (χ4v) is 5.27. The third kappa shape index (κ3) is 6.56. The Bertz CT molecular complexity index is 1440. The van der Waals surface area contributed by atoms with Gasteiger partial charge in [0, 0.05) is 10.7 Å². The molecule has 202 valence electrons. The highest BCUT2D eigenvalue weighted by Crippen LogP contribution is 2.33. The van der Waals surface area contributed by atoms with Crippen molar-refractivity contribution in [3.05, 3.63) is 76.8 Å². The normalized spacial score (nSPS) is 12.3. The van der Waals surface area contributed by atoms with Crippen LogP contribution in [-0.2, 0) is 14.8 Å². The van der Waals surface area contributed by atoms with Crippen molar-refractivity contribution in [1.29, 1.82) is 0 Å². The predicted molar refractivity (Wildman–Crippen MR) is 149 cm³/mol. The van der Waals surface area contributed by atoms with Crippen LogP contribution < -0.4 is 15.4 Å². The van der Waals surface area contributed by atoms with Crippen LogP contribution in [0, 0.1) is 5.92 Å². The molecule has 1 amide bonds. The second-order valence-corrected chi connectivity index (χ2v) is 11.4. The molecule has 0 aliphatic heterocycles. The summed E-state index contributed by atoms with van der Waals surface area (Å²) >= 11 is 5.86. The number of aromatic carboxylic acids is 1. The number of carbonyl (C=O) groups excluding carboxylic acids is 1. The Labute approximate surface area is 226 Å². The van der Waals surface area contributed by atoms with E-state index < -0.39 is 38.4 Å². The van der Waals surface area contributed by atoms with Crippen molar-refractivity contribution in [2.75, 3.05) is 15.4 Å². The first-order chi connectivity index (χ1) is 17.8. The molecule has 9 nitrogen and oxygen atoms in total. The number of carbonyl (C=O) groups is 2. The third-order valence-electron chi connectivity index (χ3n) is 5.83. The molecule has 0 saturated carbocycles. The summed E-state index contributed by atoms with van der Waals surface area (Å²) < 4.78 is 28.6. The number of anilines is 3. The number of sulfonamides is 1. The maximum absolute atomic E-state index is 13.2. The lowest BCUT2D eigenvalue weighted by Crippen LogP contribution is -2.39. The van der Waals surface area contributed by atoms with E-state index in [1.807, 2.05) is 13.8 Å². The quantitative estimate of drug-likeness (QED) is 0.199. The molecule has 0 fully saturated rings. The summed E-state index contributed by atoms with van der Waals surface area (Å²) in [5, 5.41) is 26.6. The number of hydrogen-bond acceptors (Lipinski definition) is 6. The molecule has 3 aromatic rings. The van der Waals surface area contributed by atoms with E-state index in [-0.39, 0.29) is 34.6 Å². The van der Waals surface area contributed by atoms with Gasteiger partial charge in [0.05, 0.1) is 11.4 Å². The average Bonchev–Trinajstić information content (AvgIpc) is 2.84. The SMILES string of the molecule is CC(C)c1cccc(NC(=O)C(Nc2cccc(S(=O)(=O)Nc3ccc(Cl)cc3)c2C(=O)O)C(C)C)c1O. The lowest BCUT2D eigenvalue weighted by atomic mass is 10.00. The Kier molecular flexibility index (Phi) is 8.90. The molecule has 1 unspecified atom stereocenters. The Morgan fingerprint density at radius 3 is 2.08 bits per heavy atom. The highest BCUT2D eigenvalue weighted by molar-refractivity contribution is 7.92. The Morgan fingerprint density at radius 2 is 1.50 bits per heavy atom. The van der Waals surface area contributed by atoms with Crippen LogP contribution in [0.25, 0.3) is 0 Å². The summed E-state index contributed by atoms with van der Waals surface area (Å²) in [6, 6.07) is 13.9. The zero-order chi connectivity index (χ0) is 28.2. The van der Waals surface area contributed by atoms with Gasteiger partial charge in [-0.25, -0.2) is 13.2 Å². The highest BCUT2D eigenvalue weighted by atomic mass is 35.5. The zero-order valence-corrected chi connectivity index (χ0v) is 22.9. The third-order valence-corrected chi connectivity index (χ3v) is 7.51. The van der Waals surface area contributed by atoms with E-state index in [1.54, 1.807) is 32.0 Å². The van der Waals surface area contributed by atoms with Gasteiger partial charge in [-0.15, -0.1) is 0 Å². The van der Waals surface area contributed by atoms with Gasteiger partial charge in [0.1, 0.15) is 22.3 Å². The first-order valence-electron chi connectivity index (χ1n) is 11.9. The lowest BCUT2D eigenvalue weighted by molar-refractivity contribution is -0.117. The zero-order valence-electron chi connectivity index (χ0n) is 21.3. The van der Waals surface area contributed by atoms with Gasteiger partial charge in [-0.05, 0) is 59.9 Å². The lowest BCUT2D eigenvalue weighted by Gasteiger charge is -2.25. The number of phenolic OH excluding ortho intramolecular Hbond substituents is 1. The van der Waals surface area contributed by atoms with Crippen LogP contribution in [-0.4, -0.2) is 36.5 Å². The number of rotatable bonds is 10. The van der Waals surface area contributed by atoms with E-state index in [0.29, 0.717) is 10.6 Å². The number of aromatic hydroxyl groups is 1. The minimum atomic E-state index is -4.32. The van der Waals surface area contributed by atoms with Gasteiger partial charge in [0.15, 0.2) is 0 Å². The highest BCUT2D eigenvalue weighted by Gasteiger charge is 2.29. The number of halogens is 1. The second kappa shape index (κ2) is 11.7. The molecule has 0 spiro atoms. The first kappa shape index (κ1) is 28.8. The molecule has 0 saturated heterocycles. The molecular weight excluding hydrogens is 530 g/mol. The van der Waals surface area contributed by atoms with Crippen LogP contribution in [0.15, 0.2) is 65.6 Å². The fourth-order valence-electron chi connectivity index (χ4n) is 3.87. The maximum atomic E-state index is 13.2. The smallest absolute Gasteiger partial charge is 0.339 e. The minimum Gasteiger partial charge on any atom is -0.505 e. The molecule has 3 aromatic carbocycles. The molecule has 0 bridgehead atoms. The number of nitrogens with one attached hydrogen (secondary N) is 3. The summed E-state index contributed by atoms with van der Waals surface area (Å²) in [6.45, 7) is 7.33. The number of carboxylic acids is 1. The van der Waals surface area contributed by atoms with Gasteiger partial charge >= 0.3 is 5.97 Å². The summed E-state index contributed by atoms with van der Waals surface area (Å²) in [5.41, 5.74) is 0.515. The van der Waals surface area contributed by atoms with Crippen molar-refractivity contribution in [2.24, 2.45) is 5.92 Å². The van der Waals surface area contributed by atoms with E-state index >= 15 is 0 Å². The summed E-state index contributed by atoms with van der Waals surface area (Å²) in [6.07, 6.45) is 0. The number of amides is 1. The largest absolute Gasteiger partial charge is 0.505 e. The van der Waals surface area contributed by atoms with Gasteiger partial charge in [-0.1, -0.05) is 57.5 Å². The van der Waals surface area contributed by atoms with E-state index in [0.717, 1.165) is 0 Å². The van der Waals surface area contributed by atoms with Crippen LogP contribution in [0.3, 0.4) is 0 Å². The predicted octanol–water partition coefficient (Wildman–Crippen LogP) is 5.74. The van der Waals surface area contributed by atoms with Crippen molar-refractivity contribution in [3.8, 4) is 5.75 Å². The summed E-state index contributed by atoms with van der Waals surface area (Å²) in [4.78, 5) is 25.0. The van der Waals surface area contributed by atoms with Crippen LogP contribution >= 0.6 is 11.6 Å². The molecule has 38 heavy (non-hydrogen) atoms. The van der Waals surface area contributed by atoms with Crippen molar-refractivity contribution >= 4 is 50.6 Å². The molecule has 0 heterocycles. The Balaban J connectivity index is 1.95. The van der Waals surface area contributed by atoms with Crippen molar-refractivity contribution in [3.63, 3.8) is 0 Å². The summed E-state index contributed by atoms with van der Waals surface area (Å²) in [7, 11) is -4.32. The van der Waals surface area contributed by atoms with E-state index in [9.17, 15) is 28.2 Å². The molecule has 0 aliphatic rings.